The normalized spacial score (nSPS) is 13.7. The quantitative estimate of drug-likeness (QED) is 0.404. The Hall–Kier alpha value is -0.580. The minimum atomic E-state index is -6.01. The lowest BCUT2D eigenvalue weighted by Crippen LogP contribution is -2.34. The van der Waals surface area contributed by atoms with Crippen LogP contribution in [0.5, 0.6) is 0 Å². The molecule has 0 bridgehead atoms. The van der Waals surface area contributed by atoms with Crippen molar-refractivity contribution in [3.05, 3.63) is 22.3 Å². The Morgan fingerprint density at radius 2 is 1.47 bits per heavy atom. The number of nitrogens with zero attached hydrogens (tertiary/aromatic N) is 1. The van der Waals surface area contributed by atoms with Crippen molar-refractivity contribution >= 4 is 27.7 Å². The van der Waals surface area contributed by atoms with Crippen molar-refractivity contribution in [3.8, 4) is 0 Å². The molecule has 1 aromatic rings. The monoisotopic (exact) mass is 375 g/mol. The van der Waals surface area contributed by atoms with E-state index in [1.54, 1.807) is 0 Å². The standard InChI is InChI=1S/C8H2BrF8NS/c9-4-2-1-3(6(10,11)7(12,13)14)5(18-4)19-8(15,16)17/h1-2H. The van der Waals surface area contributed by atoms with E-state index in [1.807, 2.05) is 0 Å². The number of rotatable bonds is 2. The van der Waals surface area contributed by atoms with Gasteiger partial charge in [0.15, 0.2) is 0 Å². The van der Waals surface area contributed by atoms with Crippen LogP contribution < -0.4 is 0 Å². The molecule has 0 aliphatic rings. The van der Waals surface area contributed by atoms with Gasteiger partial charge >= 0.3 is 17.6 Å². The number of hydrogen-bond acceptors (Lipinski definition) is 2. The molecule has 0 saturated heterocycles. The van der Waals surface area contributed by atoms with Gasteiger partial charge in [0.2, 0.25) is 0 Å². The van der Waals surface area contributed by atoms with Gasteiger partial charge < -0.3 is 0 Å². The zero-order chi connectivity index (χ0) is 15.1. The third-order valence-electron chi connectivity index (χ3n) is 1.73. The number of hydrogen-bond donors (Lipinski definition) is 0. The molecule has 0 aliphatic carbocycles. The van der Waals surface area contributed by atoms with Gasteiger partial charge in [-0.05, 0) is 28.1 Å². The molecule has 0 spiro atoms. The largest absolute Gasteiger partial charge is 0.458 e. The van der Waals surface area contributed by atoms with Gasteiger partial charge in [0.1, 0.15) is 9.63 Å². The van der Waals surface area contributed by atoms with Gasteiger partial charge in [-0.2, -0.15) is 35.1 Å². The molecular weight excluding hydrogens is 374 g/mol. The maximum absolute atomic E-state index is 13.1. The van der Waals surface area contributed by atoms with E-state index in [2.05, 4.69) is 20.9 Å². The molecule has 0 saturated carbocycles. The molecule has 108 valence electrons. The summed E-state index contributed by atoms with van der Waals surface area (Å²) in [6.45, 7) is 0. The minimum Gasteiger partial charge on any atom is -0.234 e. The van der Waals surface area contributed by atoms with Crippen LogP contribution in [0.1, 0.15) is 5.56 Å². The van der Waals surface area contributed by atoms with Gasteiger partial charge in [0, 0.05) is 11.8 Å². The van der Waals surface area contributed by atoms with E-state index < -0.39 is 40.0 Å². The van der Waals surface area contributed by atoms with Crippen molar-refractivity contribution in [2.75, 3.05) is 0 Å². The molecule has 0 radical (unpaired) electrons. The molecule has 0 atom stereocenters. The number of pyridine rings is 1. The summed E-state index contributed by atoms with van der Waals surface area (Å²) in [6, 6.07) is 0.952. The summed E-state index contributed by atoms with van der Waals surface area (Å²) in [4.78, 5) is 3.02. The number of aromatic nitrogens is 1. The Bertz CT molecular complexity index is 469. The second-order valence-corrected chi connectivity index (χ2v) is 4.97. The van der Waals surface area contributed by atoms with E-state index in [-0.39, 0.29) is 10.7 Å². The molecule has 0 N–H and O–H groups in total. The summed E-state index contributed by atoms with van der Waals surface area (Å²) in [5.74, 6) is -5.42. The second kappa shape index (κ2) is 5.08. The summed E-state index contributed by atoms with van der Waals surface area (Å²) in [5, 5.41) is -1.45. The van der Waals surface area contributed by atoms with Crippen molar-refractivity contribution in [2.24, 2.45) is 0 Å². The lowest BCUT2D eigenvalue weighted by molar-refractivity contribution is -0.290. The highest BCUT2D eigenvalue weighted by Gasteiger charge is 2.60. The van der Waals surface area contributed by atoms with Crippen molar-refractivity contribution in [2.45, 2.75) is 22.6 Å². The van der Waals surface area contributed by atoms with Gasteiger partial charge in [-0.1, -0.05) is 0 Å². The van der Waals surface area contributed by atoms with E-state index >= 15 is 0 Å². The molecule has 1 aromatic heterocycles. The van der Waals surface area contributed by atoms with Crippen LogP contribution in [0.2, 0.25) is 0 Å². The van der Waals surface area contributed by atoms with Crippen LogP contribution in [0.15, 0.2) is 21.8 Å². The summed E-state index contributed by atoms with van der Waals surface area (Å²) < 4.78 is 98.7. The zero-order valence-electron chi connectivity index (χ0n) is 8.41. The second-order valence-electron chi connectivity index (χ2n) is 3.11. The topological polar surface area (TPSA) is 12.9 Å². The zero-order valence-corrected chi connectivity index (χ0v) is 10.8. The first kappa shape index (κ1) is 16.5. The summed E-state index contributed by atoms with van der Waals surface area (Å²) in [5.41, 5.74) is -6.88. The fraction of sp³-hybridized carbons (Fsp3) is 0.375. The van der Waals surface area contributed by atoms with E-state index in [1.165, 1.54) is 0 Å². The fourth-order valence-electron chi connectivity index (χ4n) is 0.997. The molecule has 0 fully saturated rings. The van der Waals surface area contributed by atoms with Crippen LogP contribution in [-0.2, 0) is 5.92 Å². The number of alkyl halides is 8. The Morgan fingerprint density at radius 3 is 1.89 bits per heavy atom. The Labute approximate surface area is 113 Å². The average Bonchev–Trinajstić information content (AvgIpc) is 2.12. The smallest absolute Gasteiger partial charge is 0.234 e. The van der Waals surface area contributed by atoms with Crippen LogP contribution in [0.4, 0.5) is 35.1 Å². The van der Waals surface area contributed by atoms with E-state index in [4.69, 9.17) is 0 Å². The molecular formula is C8H2BrF8NS. The maximum atomic E-state index is 13.1. The Balaban J connectivity index is 3.36. The molecule has 19 heavy (non-hydrogen) atoms. The highest BCUT2D eigenvalue weighted by atomic mass is 79.9. The van der Waals surface area contributed by atoms with E-state index in [9.17, 15) is 35.1 Å². The van der Waals surface area contributed by atoms with Gasteiger partial charge in [0.25, 0.3) is 0 Å². The SMILES string of the molecule is FC(F)(F)Sc1nc(Br)ccc1C(F)(F)C(F)(F)F. The van der Waals surface area contributed by atoms with Crippen LogP contribution in [0.25, 0.3) is 0 Å². The lowest BCUT2D eigenvalue weighted by Gasteiger charge is -2.22. The number of halogens is 9. The summed E-state index contributed by atoms with van der Waals surface area (Å²) in [6.07, 6.45) is -6.01. The van der Waals surface area contributed by atoms with Gasteiger partial charge in [-0.15, -0.1) is 0 Å². The Morgan fingerprint density at radius 1 is 0.947 bits per heavy atom. The Kier molecular flexibility index (Phi) is 4.40. The maximum Gasteiger partial charge on any atom is 0.458 e. The first-order valence-electron chi connectivity index (χ1n) is 4.22. The van der Waals surface area contributed by atoms with Crippen molar-refractivity contribution in [3.63, 3.8) is 0 Å². The van der Waals surface area contributed by atoms with E-state index in [0.717, 1.165) is 0 Å². The summed E-state index contributed by atoms with van der Waals surface area (Å²) >= 11 is 1.47. The molecule has 0 aliphatic heterocycles. The van der Waals surface area contributed by atoms with Crippen molar-refractivity contribution < 1.29 is 35.1 Å². The molecule has 0 amide bonds. The third kappa shape index (κ3) is 3.94. The summed E-state index contributed by atoms with van der Waals surface area (Å²) in [7, 11) is 0. The average molecular weight is 376 g/mol. The fourth-order valence-corrected chi connectivity index (χ4v) is 2.09. The molecule has 1 heterocycles. The van der Waals surface area contributed by atoms with Crippen LogP contribution in [-0.4, -0.2) is 16.7 Å². The third-order valence-corrected chi connectivity index (χ3v) is 2.91. The molecule has 1 rings (SSSR count). The molecule has 0 aromatic carbocycles. The number of thioether (sulfide) groups is 1. The predicted octanol–water partition coefficient (Wildman–Crippen LogP) is 5.11. The molecule has 0 unspecified atom stereocenters. The molecule has 1 nitrogen and oxygen atoms in total. The molecule has 11 heteroatoms. The van der Waals surface area contributed by atoms with Crippen LogP contribution >= 0.6 is 27.7 Å². The van der Waals surface area contributed by atoms with Gasteiger partial charge in [0.05, 0.1) is 5.56 Å². The minimum absolute atomic E-state index is 0.249. The first-order chi connectivity index (χ1) is 8.34. The van der Waals surface area contributed by atoms with Crippen LogP contribution in [0, 0.1) is 0 Å². The van der Waals surface area contributed by atoms with E-state index in [0.29, 0.717) is 6.07 Å². The van der Waals surface area contributed by atoms with Crippen LogP contribution in [0.3, 0.4) is 0 Å². The first-order valence-corrected chi connectivity index (χ1v) is 5.83. The predicted molar refractivity (Wildman–Crippen MR) is 53.8 cm³/mol. The lowest BCUT2D eigenvalue weighted by atomic mass is 10.1. The van der Waals surface area contributed by atoms with Gasteiger partial charge in [-0.25, -0.2) is 4.98 Å². The van der Waals surface area contributed by atoms with Crippen molar-refractivity contribution in [1.82, 2.24) is 4.98 Å². The highest BCUT2D eigenvalue weighted by Crippen LogP contribution is 2.49. The highest BCUT2D eigenvalue weighted by molar-refractivity contribution is 9.10. The van der Waals surface area contributed by atoms with Crippen molar-refractivity contribution in [1.29, 1.82) is 0 Å². The van der Waals surface area contributed by atoms with Gasteiger partial charge in [-0.3, -0.25) is 0 Å².